The van der Waals surface area contributed by atoms with Crippen LogP contribution in [0.1, 0.15) is 19.4 Å². The highest BCUT2D eigenvalue weighted by Crippen LogP contribution is 2.26. The first kappa shape index (κ1) is 12.2. The minimum absolute atomic E-state index is 0.622. The highest BCUT2D eigenvalue weighted by Gasteiger charge is 2.08. The average molecular weight is 247 g/mol. The summed E-state index contributed by atoms with van der Waals surface area (Å²) >= 11 is 1.93. The van der Waals surface area contributed by atoms with E-state index in [1.165, 1.54) is 10.5 Å². The molecule has 0 saturated carbocycles. The molecule has 0 aliphatic heterocycles. The van der Waals surface area contributed by atoms with Crippen LogP contribution in [0.2, 0.25) is 0 Å². The fraction of sp³-hybridized carbons (Fsp3) is 0.357. The Morgan fingerprint density at radius 2 is 2.06 bits per heavy atom. The lowest BCUT2D eigenvalue weighted by atomic mass is 10.2. The third-order valence-electron chi connectivity index (χ3n) is 2.51. The van der Waals surface area contributed by atoms with Crippen LogP contribution in [-0.2, 0) is 13.6 Å². The van der Waals surface area contributed by atoms with E-state index in [2.05, 4.69) is 66.0 Å². The third kappa shape index (κ3) is 3.37. The zero-order valence-electron chi connectivity index (χ0n) is 10.6. The van der Waals surface area contributed by atoms with E-state index in [0.29, 0.717) is 5.25 Å². The predicted molar refractivity (Wildman–Crippen MR) is 72.1 cm³/mol. The van der Waals surface area contributed by atoms with Gasteiger partial charge in [0.15, 0.2) is 0 Å². The summed E-state index contributed by atoms with van der Waals surface area (Å²) in [7, 11) is 2.05. The molecular formula is C14H19N2S+. The lowest BCUT2D eigenvalue weighted by Gasteiger charge is -2.09. The lowest BCUT2D eigenvalue weighted by Crippen LogP contribution is -2.23. The van der Waals surface area contributed by atoms with Gasteiger partial charge in [-0.2, -0.15) is 0 Å². The van der Waals surface area contributed by atoms with E-state index in [9.17, 15) is 0 Å². The van der Waals surface area contributed by atoms with Gasteiger partial charge in [-0.25, -0.2) is 9.13 Å². The second-order valence-electron chi connectivity index (χ2n) is 4.53. The maximum atomic E-state index is 2.23. The van der Waals surface area contributed by atoms with Crippen LogP contribution in [0, 0.1) is 0 Å². The van der Waals surface area contributed by atoms with Gasteiger partial charge in [0.2, 0.25) is 6.33 Å². The van der Waals surface area contributed by atoms with E-state index in [0.717, 1.165) is 6.54 Å². The summed E-state index contributed by atoms with van der Waals surface area (Å²) in [6.45, 7) is 5.41. The van der Waals surface area contributed by atoms with E-state index in [4.69, 9.17) is 0 Å². The zero-order chi connectivity index (χ0) is 12.3. The van der Waals surface area contributed by atoms with Crippen LogP contribution in [-0.4, -0.2) is 9.82 Å². The molecule has 0 atom stereocenters. The van der Waals surface area contributed by atoms with Gasteiger partial charge in [0, 0.05) is 15.7 Å². The van der Waals surface area contributed by atoms with Crippen LogP contribution in [0.25, 0.3) is 0 Å². The van der Waals surface area contributed by atoms with Crippen LogP contribution in [0.5, 0.6) is 0 Å². The number of aromatic nitrogens is 2. The quantitative estimate of drug-likeness (QED) is 0.596. The number of rotatable bonds is 4. The van der Waals surface area contributed by atoms with Gasteiger partial charge in [0.25, 0.3) is 0 Å². The maximum Gasteiger partial charge on any atom is 0.243 e. The largest absolute Gasteiger partial charge is 0.243 e. The molecule has 0 saturated heterocycles. The molecule has 17 heavy (non-hydrogen) atoms. The molecule has 3 heteroatoms. The van der Waals surface area contributed by atoms with Crippen molar-refractivity contribution in [3.05, 3.63) is 48.5 Å². The van der Waals surface area contributed by atoms with Gasteiger partial charge in [-0.3, -0.25) is 0 Å². The topological polar surface area (TPSA) is 8.81 Å². The number of aryl methyl sites for hydroxylation is 1. The van der Waals surface area contributed by atoms with Crippen molar-refractivity contribution < 1.29 is 4.57 Å². The van der Waals surface area contributed by atoms with Crippen molar-refractivity contribution in [1.29, 1.82) is 0 Å². The molecule has 0 N–H and O–H groups in total. The Morgan fingerprint density at radius 1 is 1.29 bits per heavy atom. The van der Waals surface area contributed by atoms with Gasteiger partial charge in [0.1, 0.15) is 18.9 Å². The molecule has 0 amide bonds. The molecule has 2 nitrogen and oxygen atoms in total. The number of hydrogen-bond acceptors (Lipinski definition) is 1. The number of hydrogen-bond donors (Lipinski definition) is 0. The first-order valence-corrected chi connectivity index (χ1v) is 6.78. The Bertz CT molecular complexity index is 488. The normalized spacial score (nSPS) is 11.1. The second-order valence-corrected chi connectivity index (χ2v) is 6.14. The molecule has 0 spiro atoms. The van der Waals surface area contributed by atoms with Gasteiger partial charge in [0.05, 0.1) is 7.05 Å². The summed E-state index contributed by atoms with van der Waals surface area (Å²) in [4.78, 5) is 1.39. The molecule has 0 aliphatic carbocycles. The molecule has 0 unspecified atom stereocenters. The minimum atomic E-state index is 0.622. The molecule has 2 rings (SSSR count). The fourth-order valence-electron chi connectivity index (χ4n) is 1.80. The molecule has 0 bridgehead atoms. The SMILES string of the molecule is CC(C)Sc1ccccc1Cn1cc[n+](C)c1. The Hall–Kier alpha value is -1.22. The van der Waals surface area contributed by atoms with Crippen LogP contribution in [0.3, 0.4) is 0 Å². The van der Waals surface area contributed by atoms with Gasteiger partial charge >= 0.3 is 0 Å². The number of thioether (sulfide) groups is 1. The summed E-state index contributed by atoms with van der Waals surface area (Å²) in [5.74, 6) is 0. The highest BCUT2D eigenvalue weighted by molar-refractivity contribution is 8.00. The third-order valence-corrected chi connectivity index (χ3v) is 3.64. The monoisotopic (exact) mass is 247 g/mol. The Balaban J connectivity index is 2.20. The first-order valence-electron chi connectivity index (χ1n) is 5.91. The Morgan fingerprint density at radius 3 is 2.71 bits per heavy atom. The van der Waals surface area contributed by atoms with E-state index in [1.54, 1.807) is 0 Å². The van der Waals surface area contributed by atoms with Crippen LogP contribution in [0.4, 0.5) is 0 Å². The Kier molecular flexibility index (Phi) is 3.89. The van der Waals surface area contributed by atoms with Crippen LogP contribution in [0.15, 0.2) is 47.9 Å². The molecule has 1 aromatic heterocycles. The molecule has 0 radical (unpaired) electrons. The maximum absolute atomic E-state index is 2.23. The van der Waals surface area contributed by atoms with E-state index < -0.39 is 0 Å². The fourth-order valence-corrected chi connectivity index (χ4v) is 2.74. The van der Waals surface area contributed by atoms with Crippen molar-refractivity contribution in [2.45, 2.75) is 30.5 Å². The summed E-state index contributed by atoms with van der Waals surface area (Å²) < 4.78 is 4.28. The second kappa shape index (κ2) is 5.41. The summed E-state index contributed by atoms with van der Waals surface area (Å²) in [5, 5.41) is 0.622. The van der Waals surface area contributed by atoms with E-state index >= 15 is 0 Å². The van der Waals surface area contributed by atoms with Crippen LogP contribution < -0.4 is 4.57 Å². The number of imidazole rings is 1. The highest BCUT2D eigenvalue weighted by atomic mass is 32.2. The van der Waals surface area contributed by atoms with Gasteiger partial charge in [-0.1, -0.05) is 32.0 Å². The molecule has 1 aromatic carbocycles. The van der Waals surface area contributed by atoms with E-state index in [-0.39, 0.29) is 0 Å². The van der Waals surface area contributed by atoms with Crippen molar-refractivity contribution in [2.24, 2.45) is 7.05 Å². The average Bonchev–Trinajstić information content (AvgIpc) is 2.66. The van der Waals surface area contributed by atoms with Gasteiger partial charge in [-0.15, -0.1) is 11.8 Å². The Labute approximate surface area is 107 Å². The van der Waals surface area contributed by atoms with Crippen molar-refractivity contribution in [3.8, 4) is 0 Å². The van der Waals surface area contributed by atoms with Gasteiger partial charge in [-0.05, 0) is 6.07 Å². The zero-order valence-corrected chi connectivity index (χ0v) is 11.4. The van der Waals surface area contributed by atoms with Crippen molar-refractivity contribution in [2.75, 3.05) is 0 Å². The molecule has 1 heterocycles. The lowest BCUT2D eigenvalue weighted by molar-refractivity contribution is -0.671. The summed E-state index contributed by atoms with van der Waals surface area (Å²) in [6, 6.07) is 8.65. The van der Waals surface area contributed by atoms with Gasteiger partial charge < -0.3 is 0 Å². The minimum Gasteiger partial charge on any atom is -0.240 e. The summed E-state index contributed by atoms with van der Waals surface area (Å²) in [6.07, 6.45) is 6.28. The van der Waals surface area contributed by atoms with Crippen molar-refractivity contribution in [1.82, 2.24) is 4.57 Å². The van der Waals surface area contributed by atoms with Crippen molar-refractivity contribution >= 4 is 11.8 Å². The number of nitrogens with zero attached hydrogens (tertiary/aromatic N) is 2. The van der Waals surface area contributed by atoms with Crippen molar-refractivity contribution in [3.63, 3.8) is 0 Å². The summed E-state index contributed by atoms with van der Waals surface area (Å²) in [5.41, 5.74) is 1.39. The molecule has 0 aliphatic rings. The molecular weight excluding hydrogens is 228 g/mol. The smallest absolute Gasteiger partial charge is 0.240 e. The standard InChI is InChI=1S/C14H19N2S/c1-12(2)17-14-7-5-4-6-13(14)10-16-9-8-15(3)11-16/h4-9,11-12H,10H2,1-3H3/q+1. The van der Waals surface area contributed by atoms with E-state index in [1.807, 2.05) is 18.8 Å². The molecule has 90 valence electrons. The molecule has 2 aromatic rings. The number of benzene rings is 1. The first-order chi connectivity index (χ1) is 8.15. The van der Waals surface area contributed by atoms with Crippen LogP contribution >= 0.6 is 11.8 Å². The molecule has 0 fully saturated rings. The predicted octanol–water partition coefficient (Wildman–Crippen LogP) is 2.86.